The van der Waals surface area contributed by atoms with Gasteiger partial charge in [0.25, 0.3) is 15.9 Å². The molecule has 0 radical (unpaired) electrons. The Bertz CT molecular complexity index is 921. The summed E-state index contributed by atoms with van der Waals surface area (Å²) in [5, 5.41) is 2.76. The van der Waals surface area contributed by atoms with Gasteiger partial charge < -0.3 is 5.32 Å². The van der Waals surface area contributed by atoms with Gasteiger partial charge in [-0.3, -0.25) is 9.52 Å². The molecule has 0 unspecified atom stereocenters. The number of benzene rings is 2. The Morgan fingerprint density at radius 3 is 2.19 bits per heavy atom. The maximum absolute atomic E-state index is 12.6. The molecule has 1 amide bonds. The average Bonchev–Trinajstić information content (AvgIpc) is 3.38. The van der Waals surface area contributed by atoms with Crippen LogP contribution in [0.5, 0.6) is 0 Å². The van der Waals surface area contributed by atoms with Crippen LogP contribution in [0.4, 0.5) is 18.9 Å². The fraction of sp³-hybridized carbons (Fsp3) is 0.235. The zero-order valence-corrected chi connectivity index (χ0v) is 14.2. The van der Waals surface area contributed by atoms with Crippen molar-refractivity contribution in [2.24, 2.45) is 0 Å². The van der Waals surface area contributed by atoms with E-state index in [4.69, 9.17) is 0 Å². The molecule has 138 valence electrons. The lowest BCUT2D eigenvalue weighted by Crippen LogP contribution is -2.27. The molecule has 0 bridgehead atoms. The lowest BCUT2D eigenvalue weighted by atomic mass is 10.1. The molecule has 3 rings (SSSR count). The van der Waals surface area contributed by atoms with Crippen LogP contribution >= 0.6 is 0 Å². The Balaban J connectivity index is 1.84. The monoisotopic (exact) mass is 384 g/mol. The van der Waals surface area contributed by atoms with Crippen LogP contribution in [-0.4, -0.2) is 20.4 Å². The summed E-state index contributed by atoms with van der Waals surface area (Å²) in [5.41, 5.74) is -0.735. The second-order valence-electron chi connectivity index (χ2n) is 5.92. The molecule has 26 heavy (non-hydrogen) atoms. The molecule has 0 saturated heterocycles. The van der Waals surface area contributed by atoms with Gasteiger partial charge in [0.15, 0.2) is 0 Å². The summed E-state index contributed by atoms with van der Waals surface area (Å²) in [4.78, 5) is 11.9. The Hall–Kier alpha value is -2.55. The smallest absolute Gasteiger partial charge is 0.349 e. The van der Waals surface area contributed by atoms with Gasteiger partial charge >= 0.3 is 6.18 Å². The second kappa shape index (κ2) is 6.64. The van der Waals surface area contributed by atoms with Crippen LogP contribution in [0, 0.1) is 0 Å². The summed E-state index contributed by atoms with van der Waals surface area (Å²) >= 11 is 0. The molecule has 0 heterocycles. The van der Waals surface area contributed by atoms with Gasteiger partial charge in [0, 0.05) is 6.04 Å². The van der Waals surface area contributed by atoms with Crippen molar-refractivity contribution in [1.82, 2.24) is 5.32 Å². The summed E-state index contributed by atoms with van der Waals surface area (Å²) in [7, 11) is -4.14. The van der Waals surface area contributed by atoms with Crippen LogP contribution in [0.25, 0.3) is 0 Å². The molecule has 2 aromatic carbocycles. The third kappa shape index (κ3) is 4.16. The Labute approximate surface area is 148 Å². The van der Waals surface area contributed by atoms with Crippen molar-refractivity contribution in [1.29, 1.82) is 0 Å². The highest BCUT2D eigenvalue weighted by molar-refractivity contribution is 7.92. The van der Waals surface area contributed by atoms with E-state index < -0.39 is 27.7 Å². The number of hydrogen-bond acceptors (Lipinski definition) is 3. The van der Waals surface area contributed by atoms with Crippen molar-refractivity contribution >= 4 is 21.6 Å². The molecule has 2 aromatic rings. The number of rotatable bonds is 5. The van der Waals surface area contributed by atoms with E-state index >= 15 is 0 Å². The summed E-state index contributed by atoms with van der Waals surface area (Å²) in [6, 6.07) is 9.28. The van der Waals surface area contributed by atoms with Crippen molar-refractivity contribution in [3.05, 3.63) is 59.7 Å². The minimum atomic E-state index is -4.55. The van der Waals surface area contributed by atoms with Crippen molar-refractivity contribution in [3.8, 4) is 0 Å². The van der Waals surface area contributed by atoms with E-state index in [1.54, 1.807) is 12.1 Å². The molecule has 0 aromatic heterocycles. The molecular weight excluding hydrogens is 369 g/mol. The Morgan fingerprint density at radius 1 is 1.00 bits per heavy atom. The lowest BCUT2D eigenvalue weighted by molar-refractivity contribution is -0.137. The van der Waals surface area contributed by atoms with Crippen molar-refractivity contribution in [2.75, 3.05) is 4.72 Å². The number of carbonyl (C=O) groups is 1. The van der Waals surface area contributed by atoms with Crippen molar-refractivity contribution in [3.63, 3.8) is 0 Å². The quantitative estimate of drug-likeness (QED) is 0.830. The lowest BCUT2D eigenvalue weighted by Gasteiger charge is -2.13. The predicted molar refractivity (Wildman–Crippen MR) is 89.2 cm³/mol. The van der Waals surface area contributed by atoms with E-state index in [-0.39, 0.29) is 22.2 Å². The minimum Gasteiger partial charge on any atom is -0.349 e. The Kier molecular flexibility index (Phi) is 4.66. The molecule has 1 fully saturated rings. The molecule has 0 atom stereocenters. The summed E-state index contributed by atoms with van der Waals surface area (Å²) in [6.45, 7) is 0. The molecule has 1 aliphatic rings. The molecule has 1 aliphatic carbocycles. The third-order valence-electron chi connectivity index (χ3n) is 3.82. The number of carbonyl (C=O) groups excluding carboxylic acids is 1. The van der Waals surface area contributed by atoms with Crippen LogP contribution in [0.1, 0.15) is 28.8 Å². The maximum Gasteiger partial charge on any atom is 0.416 e. The number of alkyl halides is 3. The van der Waals surface area contributed by atoms with Gasteiger partial charge in [0.1, 0.15) is 0 Å². The number of anilines is 1. The molecule has 9 heteroatoms. The Morgan fingerprint density at radius 2 is 1.62 bits per heavy atom. The minimum absolute atomic E-state index is 0.0607. The van der Waals surface area contributed by atoms with Gasteiger partial charge in [-0.2, -0.15) is 13.2 Å². The summed E-state index contributed by atoms with van der Waals surface area (Å²) in [5.74, 6) is -0.404. The van der Waals surface area contributed by atoms with Gasteiger partial charge in [0.2, 0.25) is 0 Å². The number of halogens is 3. The molecule has 0 aliphatic heterocycles. The number of nitrogens with one attached hydrogen (secondary N) is 2. The SMILES string of the molecule is O=C(NC1CC1)c1ccccc1NS(=O)(=O)c1ccc(C(F)(F)F)cc1. The van der Waals surface area contributed by atoms with Gasteiger partial charge in [-0.25, -0.2) is 8.42 Å². The van der Waals surface area contributed by atoms with E-state index in [2.05, 4.69) is 10.0 Å². The highest BCUT2D eigenvalue weighted by atomic mass is 32.2. The first-order chi connectivity index (χ1) is 12.2. The summed E-state index contributed by atoms with van der Waals surface area (Å²) < 4.78 is 65.0. The first-order valence-electron chi connectivity index (χ1n) is 7.77. The summed E-state index contributed by atoms with van der Waals surface area (Å²) in [6.07, 6.45) is -2.79. The van der Waals surface area contributed by atoms with Crippen molar-refractivity contribution < 1.29 is 26.4 Å². The maximum atomic E-state index is 12.6. The van der Waals surface area contributed by atoms with Gasteiger partial charge in [-0.15, -0.1) is 0 Å². The van der Waals surface area contributed by atoms with Crippen LogP contribution < -0.4 is 10.0 Å². The number of amides is 1. The van der Waals surface area contributed by atoms with Crippen LogP contribution in [0.15, 0.2) is 53.4 Å². The third-order valence-corrected chi connectivity index (χ3v) is 5.20. The van der Waals surface area contributed by atoms with E-state index in [0.717, 1.165) is 25.0 Å². The predicted octanol–water partition coefficient (Wildman–Crippen LogP) is 3.40. The second-order valence-corrected chi connectivity index (χ2v) is 7.60. The van der Waals surface area contributed by atoms with Gasteiger partial charge in [-0.05, 0) is 49.2 Å². The topological polar surface area (TPSA) is 75.3 Å². The number of hydrogen-bond donors (Lipinski definition) is 2. The zero-order valence-electron chi connectivity index (χ0n) is 13.4. The molecular formula is C17H15F3N2O3S. The first-order valence-corrected chi connectivity index (χ1v) is 9.25. The van der Waals surface area contributed by atoms with Gasteiger partial charge in [-0.1, -0.05) is 12.1 Å². The first kappa shape index (κ1) is 18.2. The number of sulfonamides is 1. The zero-order chi connectivity index (χ0) is 18.9. The normalized spacial score (nSPS) is 14.7. The average molecular weight is 384 g/mol. The molecule has 0 spiro atoms. The van der Waals surface area contributed by atoms with Crippen LogP contribution in [0.3, 0.4) is 0 Å². The van der Waals surface area contributed by atoms with Crippen LogP contribution in [-0.2, 0) is 16.2 Å². The van der Waals surface area contributed by atoms with E-state index in [1.807, 2.05) is 0 Å². The number of para-hydroxylation sites is 1. The molecule has 2 N–H and O–H groups in total. The van der Waals surface area contributed by atoms with E-state index in [0.29, 0.717) is 12.1 Å². The largest absolute Gasteiger partial charge is 0.416 e. The van der Waals surface area contributed by atoms with E-state index in [1.165, 1.54) is 12.1 Å². The fourth-order valence-electron chi connectivity index (χ4n) is 2.29. The molecule has 1 saturated carbocycles. The highest BCUT2D eigenvalue weighted by Crippen LogP contribution is 2.30. The van der Waals surface area contributed by atoms with E-state index in [9.17, 15) is 26.4 Å². The van der Waals surface area contributed by atoms with Crippen molar-refractivity contribution in [2.45, 2.75) is 30.0 Å². The van der Waals surface area contributed by atoms with Crippen LogP contribution in [0.2, 0.25) is 0 Å². The fourth-order valence-corrected chi connectivity index (χ4v) is 3.37. The standard InChI is InChI=1S/C17H15F3N2O3S/c18-17(19,20)11-5-9-13(10-6-11)26(24,25)22-15-4-2-1-3-14(15)16(23)21-12-7-8-12/h1-6,9-10,12,22H,7-8H2,(H,21,23). The van der Waals surface area contributed by atoms with Gasteiger partial charge in [0.05, 0.1) is 21.7 Å². The highest BCUT2D eigenvalue weighted by Gasteiger charge is 2.31. The molecule has 5 nitrogen and oxygen atoms in total.